The van der Waals surface area contributed by atoms with E-state index in [0.29, 0.717) is 11.9 Å². The minimum atomic E-state index is 0.608. The van der Waals surface area contributed by atoms with E-state index in [0.717, 1.165) is 144 Å². The van der Waals surface area contributed by atoms with Gasteiger partial charge in [0.1, 0.15) is 22.3 Å². The highest BCUT2D eigenvalue weighted by Crippen LogP contribution is 2.46. The summed E-state index contributed by atoms with van der Waals surface area (Å²) >= 11 is 0. The monoisotopic (exact) mass is 1300 g/mol. The van der Waals surface area contributed by atoms with Gasteiger partial charge in [0.2, 0.25) is 11.9 Å². The van der Waals surface area contributed by atoms with Crippen LogP contribution in [0.1, 0.15) is 0 Å². The number of hydrogen-bond acceptors (Lipinski definition) is 6. The predicted octanol–water partition coefficient (Wildman–Crippen LogP) is 23.8. The molecule has 0 spiro atoms. The summed E-state index contributed by atoms with van der Waals surface area (Å²) < 4.78 is 22.0. The van der Waals surface area contributed by atoms with E-state index in [-0.39, 0.29) is 0 Å². The van der Waals surface area contributed by atoms with Crippen LogP contribution >= 0.6 is 0 Å². The fourth-order valence-electron chi connectivity index (χ4n) is 15.9. The molecule has 8 heterocycles. The molecule has 0 amide bonds. The summed E-state index contributed by atoms with van der Waals surface area (Å²) in [7, 11) is 0. The molecule has 10 nitrogen and oxygen atoms in total. The van der Waals surface area contributed by atoms with Gasteiger partial charge in [-0.1, -0.05) is 224 Å². The minimum absolute atomic E-state index is 0.608. The number of nitrogens with zero attached hydrogens (tertiary/aromatic N) is 8. The summed E-state index contributed by atoms with van der Waals surface area (Å²) in [5.41, 5.74) is 21.8. The van der Waals surface area contributed by atoms with E-state index in [2.05, 4.69) is 316 Å². The summed E-state index contributed by atoms with van der Waals surface area (Å²) in [4.78, 5) is 21.3. The molecule has 0 saturated carbocycles. The average molecular weight is 1310 g/mol. The molecule has 0 aliphatic rings. The molecule has 0 fully saturated rings. The maximum Gasteiger partial charge on any atom is 0.235 e. The molecule has 0 bridgehead atoms. The molecule has 0 atom stereocenters. The van der Waals surface area contributed by atoms with Crippen LogP contribution in [0.3, 0.4) is 0 Å². The number of rotatable bonds is 8. The zero-order chi connectivity index (χ0) is 66.9. The predicted molar refractivity (Wildman–Crippen MR) is 418 cm³/mol. The lowest BCUT2D eigenvalue weighted by atomic mass is 10.0. The Hall–Kier alpha value is -14.0. The van der Waals surface area contributed by atoms with Crippen LogP contribution in [0.25, 0.3) is 199 Å². The van der Waals surface area contributed by atoms with Crippen molar-refractivity contribution in [3.8, 4) is 68.3 Å². The van der Waals surface area contributed by atoms with Gasteiger partial charge in [-0.2, -0.15) is 0 Å². The van der Waals surface area contributed by atoms with Crippen molar-refractivity contribution in [2.45, 2.75) is 0 Å². The normalized spacial score (nSPS) is 11.9. The van der Waals surface area contributed by atoms with E-state index >= 15 is 0 Å². The van der Waals surface area contributed by atoms with Gasteiger partial charge < -0.3 is 18.0 Å². The largest absolute Gasteiger partial charge is 0.456 e. The molecule has 0 unspecified atom stereocenters. The second-order valence-corrected chi connectivity index (χ2v) is 26.0. The number of furan rings is 2. The summed E-state index contributed by atoms with van der Waals surface area (Å²) in [5.74, 6) is 1.23. The zero-order valence-corrected chi connectivity index (χ0v) is 54.7. The van der Waals surface area contributed by atoms with Crippen LogP contribution in [0.15, 0.2) is 349 Å². The van der Waals surface area contributed by atoms with E-state index < -0.39 is 0 Å². The Labute approximate surface area is 582 Å². The fourth-order valence-corrected chi connectivity index (χ4v) is 15.9. The summed E-state index contributed by atoms with van der Waals surface area (Å²) in [6, 6.07) is 119. The van der Waals surface area contributed by atoms with Crippen LogP contribution in [-0.4, -0.2) is 38.2 Å². The molecular weight excluding hydrogens is 1250 g/mol. The third kappa shape index (κ3) is 8.86. The van der Waals surface area contributed by atoms with Crippen molar-refractivity contribution in [3.63, 3.8) is 0 Å². The van der Waals surface area contributed by atoms with Crippen molar-refractivity contribution in [2.75, 3.05) is 0 Å². The van der Waals surface area contributed by atoms with Gasteiger partial charge >= 0.3 is 0 Å². The van der Waals surface area contributed by atoms with Crippen molar-refractivity contribution in [3.05, 3.63) is 340 Å². The number of para-hydroxylation sites is 9. The third-order valence-electron chi connectivity index (χ3n) is 20.3. The van der Waals surface area contributed by atoms with Gasteiger partial charge in [-0.25, -0.2) is 19.9 Å². The number of benzene rings is 14. The van der Waals surface area contributed by atoms with E-state index in [9.17, 15) is 0 Å². The molecule has 0 saturated heterocycles. The highest BCUT2D eigenvalue weighted by molar-refractivity contribution is 6.30. The lowest BCUT2D eigenvalue weighted by molar-refractivity contribution is 0.669. The second kappa shape index (κ2) is 22.8. The van der Waals surface area contributed by atoms with E-state index in [1.807, 2.05) is 42.5 Å². The Balaban J connectivity index is 0.000000133. The molecule has 10 heteroatoms. The smallest absolute Gasteiger partial charge is 0.235 e. The Morgan fingerprint density at radius 3 is 1.03 bits per heavy atom. The van der Waals surface area contributed by atoms with E-state index in [1.165, 1.54) is 43.4 Å². The van der Waals surface area contributed by atoms with Crippen LogP contribution in [-0.2, 0) is 0 Å². The van der Waals surface area contributed by atoms with Gasteiger partial charge in [0.15, 0.2) is 0 Å². The molecule has 0 N–H and O–H groups in total. The van der Waals surface area contributed by atoms with Gasteiger partial charge in [0.25, 0.3) is 0 Å². The second-order valence-electron chi connectivity index (χ2n) is 26.0. The zero-order valence-electron chi connectivity index (χ0n) is 54.7. The maximum absolute atomic E-state index is 6.51. The van der Waals surface area contributed by atoms with Crippen molar-refractivity contribution in [2.24, 2.45) is 0 Å². The lowest BCUT2D eigenvalue weighted by Crippen LogP contribution is -2.04. The average Bonchev–Trinajstić information content (AvgIpc) is 1.55. The summed E-state index contributed by atoms with van der Waals surface area (Å²) in [6.45, 7) is 0. The molecule has 0 radical (unpaired) electrons. The van der Waals surface area contributed by atoms with Crippen molar-refractivity contribution in [1.82, 2.24) is 38.2 Å². The summed E-state index contributed by atoms with van der Waals surface area (Å²) in [5, 5.41) is 13.9. The standard InChI is InChI=1S/2C46H28N4O/c1-3-14-29(15-4-1)36-28-37(33-22-13-21-32-31-18-9-12-25-42(31)51-45(32)33)48-46(47-36)50-39-24-11-8-20-35(39)44-41(50)27-26-40-43(44)34-19-7-10-23-38(34)49(40)30-16-5-2-6-17-30;1-3-13-29(14-4-1)36-28-37(30-23-24-33-32-17-9-12-22-42(32)51-43(33)27-30)48-46(47-36)50-39-21-11-8-19-35(39)45-41(50)26-25-40-44(45)34-18-7-10-20-38(34)49(40)31-15-5-2-6-16-31/h2*1-28H. The van der Waals surface area contributed by atoms with Crippen LogP contribution in [0, 0.1) is 0 Å². The van der Waals surface area contributed by atoms with Crippen molar-refractivity contribution < 1.29 is 8.83 Å². The van der Waals surface area contributed by atoms with Crippen LogP contribution in [0.4, 0.5) is 0 Å². The van der Waals surface area contributed by atoms with Crippen molar-refractivity contribution >= 4 is 131 Å². The number of hydrogen-bond donors (Lipinski definition) is 0. The molecule has 14 aromatic carbocycles. The lowest BCUT2D eigenvalue weighted by Gasteiger charge is -2.12. The highest BCUT2D eigenvalue weighted by atomic mass is 16.3. The topological polar surface area (TPSA) is 97.6 Å². The Morgan fingerprint density at radius 2 is 0.549 bits per heavy atom. The van der Waals surface area contributed by atoms with E-state index in [1.54, 1.807) is 0 Å². The quantitative estimate of drug-likeness (QED) is 0.150. The summed E-state index contributed by atoms with van der Waals surface area (Å²) in [6.07, 6.45) is 0. The van der Waals surface area contributed by atoms with Crippen LogP contribution < -0.4 is 0 Å². The van der Waals surface area contributed by atoms with Gasteiger partial charge in [-0.15, -0.1) is 0 Å². The first-order valence-corrected chi connectivity index (χ1v) is 34.4. The molecule has 22 aromatic rings. The first-order valence-electron chi connectivity index (χ1n) is 34.4. The van der Waals surface area contributed by atoms with Gasteiger partial charge in [0.05, 0.1) is 66.9 Å². The highest BCUT2D eigenvalue weighted by Gasteiger charge is 2.26. The van der Waals surface area contributed by atoms with Gasteiger partial charge in [-0.05, 0) is 115 Å². The Bertz CT molecular complexity index is 7120. The molecule has 102 heavy (non-hydrogen) atoms. The van der Waals surface area contributed by atoms with Crippen LogP contribution in [0.5, 0.6) is 0 Å². The minimum Gasteiger partial charge on any atom is -0.456 e. The molecule has 0 aliphatic carbocycles. The number of aromatic nitrogens is 8. The van der Waals surface area contributed by atoms with Gasteiger partial charge in [0, 0.05) is 98.3 Å². The SMILES string of the molecule is c1ccc(-c2cc(-c3ccc4c(c3)oc3ccccc34)nc(-n3c4ccccc4c4c5c6ccccc6n(-c6ccccc6)c5ccc43)n2)cc1.c1ccc(-c2cc(-c3cccc4c3oc3ccccc34)nc(-n3c4ccccc4c4c5c6ccccc6n(-c6ccccc6)c5ccc43)n2)cc1. The Kier molecular flexibility index (Phi) is 12.8. The maximum atomic E-state index is 6.51. The first kappa shape index (κ1) is 57.1. The number of fused-ring (bicyclic) bond motifs is 20. The molecule has 8 aromatic heterocycles. The molecule has 22 rings (SSSR count). The molecule has 0 aliphatic heterocycles. The van der Waals surface area contributed by atoms with Crippen LogP contribution in [0.2, 0.25) is 0 Å². The van der Waals surface area contributed by atoms with E-state index in [4.69, 9.17) is 28.8 Å². The fraction of sp³-hybridized carbons (Fsp3) is 0. The van der Waals surface area contributed by atoms with Crippen molar-refractivity contribution in [1.29, 1.82) is 0 Å². The third-order valence-corrected chi connectivity index (χ3v) is 20.3. The molecular formula is C92H56N8O2. The molecule has 476 valence electrons. The first-order chi connectivity index (χ1) is 50.6. The Morgan fingerprint density at radius 1 is 0.206 bits per heavy atom. The van der Waals surface area contributed by atoms with Gasteiger partial charge in [-0.3, -0.25) is 9.13 Å².